The minimum atomic E-state index is -1.29. The number of carbonyl (C=O) groups excluding carboxylic acids is 2. The molecule has 2 aromatic rings. The number of hydrogen-bond donors (Lipinski definition) is 3. The highest BCUT2D eigenvalue weighted by atomic mass is 35.5. The Morgan fingerprint density at radius 3 is 2.35 bits per heavy atom. The van der Waals surface area contributed by atoms with Gasteiger partial charge in [-0.05, 0) is 37.8 Å². The average molecular weight is 508 g/mol. The van der Waals surface area contributed by atoms with Crippen molar-refractivity contribution in [2.45, 2.75) is 44.2 Å². The van der Waals surface area contributed by atoms with Crippen molar-refractivity contribution in [1.82, 2.24) is 5.32 Å². The Bertz CT molecular complexity index is 1090. The first-order chi connectivity index (χ1) is 16.2. The predicted molar refractivity (Wildman–Crippen MR) is 125 cm³/mol. The molecule has 0 heterocycles. The van der Waals surface area contributed by atoms with Crippen LogP contribution in [-0.2, 0) is 14.4 Å². The lowest BCUT2D eigenvalue weighted by atomic mass is 10.0. The molecule has 0 spiro atoms. The fraction of sp³-hybridized carbons (Fsp3) is 0.333. The van der Waals surface area contributed by atoms with Crippen LogP contribution in [0.25, 0.3) is 0 Å². The molecule has 0 aliphatic heterocycles. The van der Waals surface area contributed by atoms with Crippen molar-refractivity contribution < 1.29 is 34.1 Å². The molecule has 1 fully saturated rings. The van der Waals surface area contributed by atoms with Crippen LogP contribution in [0.3, 0.4) is 0 Å². The first-order valence-corrected chi connectivity index (χ1v) is 11.4. The number of carboxylic acids is 2. The lowest BCUT2D eigenvalue weighted by Crippen LogP contribution is -2.43. The fourth-order valence-corrected chi connectivity index (χ4v) is 4.27. The van der Waals surface area contributed by atoms with Crippen LogP contribution < -0.4 is 10.1 Å². The topological polar surface area (TPSA) is 130 Å². The third-order valence-electron chi connectivity index (χ3n) is 5.64. The molecule has 3 rings (SSSR count). The first kappa shape index (κ1) is 25.5. The molecule has 1 amide bonds. The largest absolute Gasteiger partial charge is 0.489 e. The minimum absolute atomic E-state index is 0.0723. The summed E-state index contributed by atoms with van der Waals surface area (Å²) in [6.45, 7) is 0. The molecule has 8 nitrogen and oxygen atoms in total. The summed E-state index contributed by atoms with van der Waals surface area (Å²) in [5.74, 6) is -3.35. The number of rotatable bonds is 10. The second kappa shape index (κ2) is 11.4. The number of halogens is 2. The number of benzene rings is 2. The summed E-state index contributed by atoms with van der Waals surface area (Å²) >= 11 is 12.7. The van der Waals surface area contributed by atoms with Crippen LogP contribution in [0, 0.1) is 5.92 Å². The minimum Gasteiger partial charge on any atom is -0.489 e. The van der Waals surface area contributed by atoms with Crippen LogP contribution in [0.4, 0.5) is 0 Å². The van der Waals surface area contributed by atoms with Crippen molar-refractivity contribution in [2.75, 3.05) is 0 Å². The highest BCUT2D eigenvalue weighted by molar-refractivity contribution is 6.45. The van der Waals surface area contributed by atoms with Crippen molar-refractivity contribution in [3.63, 3.8) is 0 Å². The number of carbonyl (C=O) groups is 4. The van der Waals surface area contributed by atoms with E-state index in [-0.39, 0.29) is 46.1 Å². The Balaban J connectivity index is 1.62. The van der Waals surface area contributed by atoms with E-state index in [1.807, 2.05) is 0 Å². The van der Waals surface area contributed by atoms with E-state index >= 15 is 0 Å². The molecule has 2 aromatic carbocycles. The number of nitrogens with one attached hydrogen (secondary N) is 1. The van der Waals surface area contributed by atoms with E-state index in [1.54, 1.807) is 36.4 Å². The molecule has 1 aliphatic carbocycles. The smallest absolute Gasteiger partial charge is 0.326 e. The Morgan fingerprint density at radius 1 is 1.00 bits per heavy atom. The Morgan fingerprint density at radius 2 is 1.71 bits per heavy atom. The van der Waals surface area contributed by atoms with E-state index < -0.39 is 29.8 Å². The van der Waals surface area contributed by atoms with Gasteiger partial charge in [0.05, 0.1) is 11.1 Å². The third-order valence-corrected chi connectivity index (χ3v) is 6.50. The van der Waals surface area contributed by atoms with Crippen molar-refractivity contribution in [3.05, 3.63) is 63.6 Å². The molecule has 1 aliphatic rings. The van der Waals surface area contributed by atoms with Gasteiger partial charge in [-0.25, -0.2) is 4.79 Å². The summed E-state index contributed by atoms with van der Waals surface area (Å²) in [6.07, 6.45) is 0.403. The average Bonchev–Trinajstić information content (AvgIpc) is 3.28. The maximum Gasteiger partial charge on any atom is 0.326 e. The summed E-state index contributed by atoms with van der Waals surface area (Å²) in [5, 5.41) is 20.6. The lowest BCUT2D eigenvalue weighted by molar-refractivity contribution is -0.143. The molecular weight excluding hydrogens is 485 g/mol. The highest BCUT2D eigenvalue weighted by Gasteiger charge is 2.34. The molecule has 180 valence electrons. The van der Waals surface area contributed by atoms with Crippen LogP contribution in [-0.4, -0.2) is 46.0 Å². The number of hydrogen-bond acceptors (Lipinski definition) is 5. The number of ether oxygens (including phenoxy) is 1. The predicted octanol–water partition coefficient (Wildman–Crippen LogP) is 4.21. The van der Waals surface area contributed by atoms with Gasteiger partial charge in [0.1, 0.15) is 16.8 Å². The number of carboxylic acid groups (broad SMARTS) is 2. The summed E-state index contributed by atoms with van der Waals surface area (Å²) in [4.78, 5) is 47.3. The Kier molecular flexibility index (Phi) is 8.52. The monoisotopic (exact) mass is 507 g/mol. The maximum absolute atomic E-state index is 12.7. The summed E-state index contributed by atoms with van der Waals surface area (Å²) in [5.41, 5.74) is 0.719. The summed E-state index contributed by atoms with van der Waals surface area (Å²) in [6, 6.07) is 10.5. The van der Waals surface area contributed by atoms with Crippen molar-refractivity contribution in [1.29, 1.82) is 0 Å². The Labute approximate surface area is 205 Å². The van der Waals surface area contributed by atoms with Gasteiger partial charge >= 0.3 is 11.9 Å². The van der Waals surface area contributed by atoms with Crippen LogP contribution in [0.5, 0.6) is 5.75 Å². The molecule has 0 radical (unpaired) electrons. The molecule has 0 saturated heterocycles. The molecule has 1 unspecified atom stereocenters. The second-order valence-electron chi connectivity index (χ2n) is 8.02. The normalized spacial score (nSPS) is 18.2. The summed E-state index contributed by atoms with van der Waals surface area (Å²) < 4.78 is 5.94. The van der Waals surface area contributed by atoms with Crippen molar-refractivity contribution in [2.24, 2.45) is 5.92 Å². The maximum atomic E-state index is 12.7. The first-order valence-electron chi connectivity index (χ1n) is 10.7. The number of ketones is 1. The molecule has 0 aromatic heterocycles. The van der Waals surface area contributed by atoms with Gasteiger partial charge in [-0.3, -0.25) is 14.4 Å². The number of aliphatic carboxylic acids is 2. The second-order valence-corrected chi connectivity index (χ2v) is 8.77. The third kappa shape index (κ3) is 6.27. The van der Waals surface area contributed by atoms with E-state index in [2.05, 4.69) is 5.32 Å². The Hall–Kier alpha value is -3.10. The van der Waals surface area contributed by atoms with E-state index in [9.17, 15) is 24.3 Å². The zero-order valence-corrected chi connectivity index (χ0v) is 19.5. The van der Waals surface area contributed by atoms with Crippen molar-refractivity contribution >= 4 is 46.8 Å². The van der Waals surface area contributed by atoms with Crippen LogP contribution in [0.1, 0.15) is 48.0 Å². The molecule has 3 atom stereocenters. The van der Waals surface area contributed by atoms with Gasteiger partial charge in [-0.15, -0.1) is 0 Å². The van der Waals surface area contributed by atoms with E-state index in [4.69, 9.17) is 33.0 Å². The molecule has 3 N–H and O–H groups in total. The SMILES string of the molecule is O=C(O)CCC(NC(=O)[C@H]1CC[C@H](Oc2ccc(C(=O)c3ccccc3)c(Cl)c2Cl)C1)C(=O)O. The molecular formula is C24H23Cl2NO7. The van der Waals surface area contributed by atoms with E-state index in [0.29, 0.717) is 24.8 Å². The van der Waals surface area contributed by atoms with Gasteiger partial charge in [-0.2, -0.15) is 0 Å². The van der Waals surface area contributed by atoms with Crippen LogP contribution in [0.15, 0.2) is 42.5 Å². The van der Waals surface area contributed by atoms with Gasteiger partial charge < -0.3 is 20.3 Å². The zero-order valence-electron chi connectivity index (χ0n) is 18.0. The van der Waals surface area contributed by atoms with Gasteiger partial charge in [-0.1, -0.05) is 53.5 Å². The van der Waals surface area contributed by atoms with E-state index in [0.717, 1.165) is 0 Å². The van der Waals surface area contributed by atoms with Crippen LogP contribution in [0.2, 0.25) is 10.0 Å². The highest BCUT2D eigenvalue weighted by Crippen LogP contribution is 2.38. The van der Waals surface area contributed by atoms with Gasteiger partial charge in [0, 0.05) is 23.5 Å². The molecule has 10 heteroatoms. The molecule has 0 bridgehead atoms. The standard InChI is InChI=1S/C24H23Cl2NO7/c25-20-16(22(30)13-4-2-1-3-5-13)8-10-18(21(20)26)34-15-7-6-14(12-15)23(31)27-17(24(32)33)9-11-19(28)29/h1-5,8,10,14-15,17H,6-7,9,11-12H2,(H,27,31)(H,28,29)(H,32,33)/t14-,15-,17?/m0/s1. The van der Waals surface area contributed by atoms with Gasteiger partial charge in [0.2, 0.25) is 5.91 Å². The lowest BCUT2D eigenvalue weighted by Gasteiger charge is -2.18. The quantitative estimate of drug-likeness (QED) is 0.410. The molecule has 1 saturated carbocycles. The summed E-state index contributed by atoms with van der Waals surface area (Å²) in [7, 11) is 0. The number of amides is 1. The van der Waals surface area contributed by atoms with Gasteiger partial charge in [0.15, 0.2) is 5.78 Å². The van der Waals surface area contributed by atoms with Crippen LogP contribution >= 0.6 is 23.2 Å². The zero-order chi connectivity index (χ0) is 24.8. The van der Waals surface area contributed by atoms with Gasteiger partial charge in [0.25, 0.3) is 0 Å². The van der Waals surface area contributed by atoms with Crippen molar-refractivity contribution in [3.8, 4) is 5.75 Å². The van der Waals surface area contributed by atoms with E-state index in [1.165, 1.54) is 6.07 Å². The fourth-order valence-electron chi connectivity index (χ4n) is 3.82. The molecule has 34 heavy (non-hydrogen) atoms.